The second-order valence-corrected chi connectivity index (χ2v) is 7.47. The van der Waals surface area contributed by atoms with E-state index in [2.05, 4.69) is 4.98 Å². The van der Waals surface area contributed by atoms with E-state index >= 15 is 0 Å². The van der Waals surface area contributed by atoms with Crippen molar-refractivity contribution in [2.24, 2.45) is 11.3 Å². The molecule has 1 N–H and O–H groups in total. The number of ether oxygens (including phenoxy) is 2. The zero-order valence-electron chi connectivity index (χ0n) is 15.5. The van der Waals surface area contributed by atoms with Crippen molar-refractivity contribution >= 4 is 22.6 Å². The van der Waals surface area contributed by atoms with Crippen molar-refractivity contribution in [1.82, 2.24) is 9.88 Å². The molecular weight excluding hydrogens is 344 g/mol. The van der Waals surface area contributed by atoms with Crippen molar-refractivity contribution in [3.05, 3.63) is 47.3 Å². The number of fused-ring (bicyclic) bond motifs is 1. The molecule has 5 rings (SSSR count). The molecule has 1 saturated heterocycles. The normalized spacial score (nSPS) is 25.3. The Bertz CT molecular complexity index is 1080. The number of rotatable bonds is 3. The molecule has 6 heteroatoms. The molecule has 1 aliphatic heterocycles. The predicted octanol–water partition coefficient (Wildman–Crippen LogP) is 2.98. The monoisotopic (exact) mass is 364 g/mol. The van der Waals surface area contributed by atoms with Crippen molar-refractivity contribution in [2.45, 2.75) is 13.3 Å². The third-order valence-corrected chi connectivity index (χ3v) is 6.09. The number of amides is 1. The zero-order chi connectivity index (χ0) is 18.9. The quantitative estimate of drug-likeness (QED) is 0.909. The molecular formula is C21H20N2O4. The number of aromatic amines is 1. The summed E-state index contributed by atoms with van der Waals surface area (Å²) in [7, 11) is 3.18. The number of hydrogen-bond donors (Lipinski definition) is 1. The lowest BCUT2D eigenvalue weighted by Crippen LogP contribution is -2.32. The summed E-state index contributed by atoms with van der Waals surface area (Å²) in [4.78, 5) is 30.5. The van der Waals surface area contributed by atoms with Crippen LogP contribution in [-0.2, 0) is 4.79 Å². The lowest BCUT2D eigenvalue weighted by molar-refractivity contribution is -0.118. The molecule has 2 heterocycles. The van der Waals surface area contributed by atoms with Gasteiger partial charge in [-0.3, -0.25) is 9.59 Å². The van der Waals surface area contributed by atoms with Crippen molar-refractivity contribution < 1.29 is 19.1 Å². The molecule has 0 radical (unpaired) electrons. The van der Waals surface area contributed by atoms with Crippen LogP contribution in [0.15, 0.2) is 36.1 Å². The molecule has 2 atom stereocenters. The fourth-order valence-corrected chi connectivity index (χ4v) is 4.73. The Balaban J connectivity index is 1.57. The van der Waals surface area contributed by atoms with Crippen LogP contribution in [0.25, 0.3) is 10.9 Å². The topological polar surface area (TPSA) is 71.6 Å². The maximum atomic E-state index is 13.2. The molecule has 1 aromatic heterocycles. The van der Waals surface area contributed by atoms with Crippen LogP contribution in [0.2, 0.25) is 0 Å². The van der Waals surface area contributed by atoms with Crippen LogP contribution < -0.4 is 9.47 Å². The highest BCUT2D eigenvalue weighted by Gasteiger charge is 2.68. The Morgan fingerprint density at radius 1 is 1.26 bits per heavy atom. The van der Waals surface area contributed by atoms with Crippen LogP contribution in [0.1, 0.15) is 22.5 Å². The molecule has 1 amide bonds. The van der Waals surface area contributed by atoms with Gasteiger partial charge in [-0.2, -0.15) is 0 Å². The number of piperidine rings is 1. The average molecular weight is 364 g/mol. The van der Waals surface area contributed by atoms with Gasteiger partial charge in [-0.15, -0.1) is 0 Å². The first-order valence-corrected chi connectivity index (χ1v) is 9.00. The van der Waals surface area contributed by atoms with Crippen molar-refractivity contribution in [1.29, 1.82) is 0 Å². The molecule has 1 aromatic carbocycles. The number of methoxy groups -OCH3 is 2. The minimum absolute atomic E-state index is 0.120. The maximum Gasteiger partial charge on any atom is 0.274 e. The molecule has 6 nitrogen and oxygen atoms in total. The second-order valence-electron chi connectivity index (χ2n) is 7.47. The van der Waals surface area contributed by atoms with Crippen molar-refractivity contribution in [3.63, 3.8) is 0 Å². The number of ketones is 1. The number of H-pyrrole nitrogens is 1. The number of aromatic nitrogens is 1. The number of hydrogen-bond acceptors (Lipinski definition) is 4. The summed E-state index contributed by atoms with van der Waals surface area (Å²) in [6.07, 6.45) is 6.12. The van der Waals surface area contributed by atoms with Gasteiger partial charge in [0.1, 0.15) is 5.69 Å². The van der Waals surface area contributed by atoms with Gasteiger partial charge in [0, 0.05) is 17.6 Å². The minimum atomic E-state index is -0.450. The molecule has 1 spiro atoms. The van der Waals surface area contributed by atoms with Crippen LogP contribution in [0, 0.1) is 18.3 Å². The van der Waals surface area contributed by atoms with Crippen LogP contribution in [0.5, 0.6) is 11.5 Å². The van der Waals surface area contributed by atoms with Crippen LogP contribution in [0.4, 0.5) is 0 Å². The van der Waals surface area contributed by atoms with Gasteiger partial charge in [-0.1, -0.05) is 6.08 Å². The molecule has 138 valence electrons. The van der Waals surface area contributed by atoms with Gasteiger partial charge in [0.05, 0.1) is 25.2 Å². The standard InChI is InChI=1S/C21H20N2O4/c1-11-7-12-8-14(22-17(12)19(27-3)18(11)26-2)20(25)23-10-13-9-21(13)15(23)5-4-6-16(21)24/h4-8,13,22H,9-10H2,1-3H3. The number of carbonyl (C=O) groups is 2. The van der Waals surface area contributed by atoms with Crippen molar-refractivity contribution in [3.8, 4) is 11.5 Å². The summed E-state index contributed by atoms with van der Waals surface area (Å²) in [6, 6.07) is 3.81. The van der Waals surface area contributed by atoms with E-state index in [-0.39, 0.29) is 17.6 Å². The van der Waals surface area contributed by atoms with Gasteiger partial charge in [0.15, 0.2) is 17.3 Å². The summed E-state index contributed by atoms with van der Waals surface area (Å²) < 4.78 is 11.0. The Hall–Kier alpha value is -3.02. The minimum Gasteiger partial charge on any atom is -0.493 e. The lowest BCUT2D eigenvalue weighted by Gasteiger charge is -2.24. The smallest absolute Gasteiger partial charge is 0.274 e. The van der Waals surface area contributed by atoms with Gasteiger partial charge < -0.3 is 19.4 Å². The average Bonchev–Trinajstić information content (AvgIpc) is 3.04. The number of allylic oxidation sites excluding steroid dienone is 4. The van der Waals surface area contributed by atoms with Gasteiger partial charge in [-0.25, -0.2) is 0 Å². The molecule has 2 aliphatic carbocycles. The van der Waals surface area contributed by atoms with E-state index in [0.717, 1.165) is 28.6 Å². The molecule has 27 heavy (non-hydrogen) atoms. The number of carbonyl (C=O) groups excluding carboxylic acids is 2. The summed E-state index contributed by atoms with van der Waals surface area (Å²) in [5, 5.41) is 0.890. The van der Waals surface area contributed by atoms with Crippen LogP contribution in [0.3, 0.4) is 0 Å². The highest BCUT2D eigenvalue weighted by molar-refractivity contribution is 6.06. The summed E-state index contributed by atoms with van der Waals surface area (Å²) in [6.45, 7) is 2.53. The van der Waals surface area contributed by atoms with Gasteiger partial charge in [-0.05, 0) is 49.1 Å². The zero-order valence-corrected chi connectivity index (χ0v) is 15.5. The molecule has 3 aliphatic rings. The maximum absolute atomic E-state index is 13.2. The van der Waals surface area contributed by atoms with Crippen LogP contribution in [-0.4, -0.2) is 42.3 Å². The first kappa shape index (κ1) is 16.2. The van der Waals surface area contributed by atoms with E-state index in [1.807, 2.05) is 25.1 Å². The molecule has 1 saturated carbocycles. The van der Waals surface area contributed by atoms with E-state index in [4.69, 9.17) is 9.47 Å². The Labute approximate surface area is 156 Å². The molecule has 2 fully saturated rings. The third-order valence-electron chi connectivity index (χ3n) is 6.09. The number of aryl methyl sites for hydroxylation is 1. The second kappa shape index (κ2) is 5.25. The van der Waals surface area contributed by atoms with E-state index in [1.165, 1.54) is 0 Å². The Kier molecular flexibility index (Phi) is 3.15. The number of nitrogens with one attached hydrogen (secondary N) is 1. The fraction of sp³-hybridized carbons (Fsp3) is 0.333. The summed E-state index contributed by atoms with van der Waals surface area (Å²) >= 11 is 0. The predicted molar refractivity (Wildman–Crippen MR) is 99.9 cm³/mol. The largest absolute Gasteiger partial charge is 0.493 e. The lowest BCUT2D eigenvalue weighted by atomic mass is 9.91. The van der Waals surface area contributed by atoms with E-state index < -0.39 is 5.41 Å². The van der Waals surface area contributed by atoms with E-state index in [9.17, 15) is 9.59 Å². The van der Waals surface area contributed by atoms with Gasteiger partial charge >= 0.3 is 0 Å². The van der Waals surface area contributed by atoms with E-state index in [0.29, 0.717) is 23.7 Å². The van der Waals surface area contributed by atoms with Crippen molar-refractivity contribution in [2.75, 3.05) is 20.8 Å². The van der Waals surface area contributed by atoms with E-state index in [1.54, 1.807) is 31.3 Å². The number of likely N-dealkylation sites (tertiary alicyclic amines) is 1. The van der Waals surface area contributed by atoms with Gasteiger partial charge in [0.25, 0.3) is 5.91 Å². The highest BCUT2D eigenvalue weighted by Crippen LogP contribution is 2.65. The Morgan fingerprint density at radius 2 is 2.04 bits per heavy atom. The first-order valence-electron chi connectivity index (χ1n) is 9.00. The third kappa shape index (κ3) is 1.95. The Morgan fingerprint density at radius 3 is 2.78 bits per heavy atom. The molecule has 0 bridgehead atoms. The summed E-state index contributed by atoms with van der Waals surface area (Å²) in [5.74, 6) is 1.48. The number of benzene rings is 1. The molecule has 2 aromatic rings. The fourth-order valence-electron chi connectivity index (χ4n) is 4.73. The molecule has 2 unspecified atom stereocenters. The SMILES string of the molecule is COc1c(C)cc2cc(C(=O)N3CC4CC45C(=O)C=CC=C35)[nH]c2c1OC. The van der Waals surface area contributed by atoms with Gasteiger partial charge in [0.2, 0.25) is 0 Å². The van der Waals surface area contributed by atoms with Crippen LogP contribution >= 0.6 is 0 Å². The number of nitrogens with zero attached hydrogens (tertiary/aromatic N) is 1. The highest BCUT2D eigenvalue weighted by atomic mass is 16.5. The first-order chi connectivity index (χ1) is 13.0. The summed E-state index contributed by atoms with van der Waals surface area (Å²) in [5.41, 5.74) is 2.54.